The normalized spacial score (nSPS) is 22.9. The molecular weight excluding hydrogens is 168 g/mol. The molecule has 5 heteroatoms. The van der Waals surface area contributed by atoms with Gasteiger partial charge in [0.25, 0.3) is 0 Å². The third-order valence-electron chi connectivity index (χ3n) is 1.99. The van der Waals surface area contributed by atoms with Crippen molar-refractivity contribution in [2.75, 3.05) is 25.4 Å². The molecule has 0 saturated carbocycles. The molecule has 1 fully saturated rings. The van der Waals surface area contributed by atoms with E-state index in [1.54, 1.807) is 12.4 Å². The molecule has 5 nitrogen and oxygen atoms in total. The molecule has 1 aliphatic heterocycles. The Morgan fingerprint density at radius 2 is 2.31 bits per heavy atom. The van der Waals surface area contributed by atoms with Gasteiger partial charge in [-0.05, 0) is 0 Å². The second kappa shape index (κ2) is 3.68. The molecule has 0 spiro atoms. The molecule has 0 aromatic carbocycles. The van der Waals surface area contributed by atoms with Crippen molar-refractivity contribution in [1.29, 1.82) is 0 Å². The summed E-state index contributed by atoms with van der Waals surface area (Å²) in [6, 6.07) is 0. The minimum absolute atomic E-state index is 0.0533. The summed E-state index contributed by atoms with van der Waals surface area (Å²) in [6.07, 6.45) is 3.15. The number of aromatic nitrogens is 2. The minimum atomic E-state index is -0.0533. The van der Waals surface area contributed by atoms with E-state index in [9.17, 15) is 0 Å². The van der Waals surface area contributed by atoms with Gasteiger partial charge in [0.1, 0.15) is 17.6 Å². The molecule has 0 radical (unpaired) electrons. The fraction of sp³-hybridized carbons (Fsp3) is 0.500. The molecule has 0 bridgehead atoms. The first-order chi connectivity index (χ1) is 6.38. The van der Waals surface area contributed by atoms with Crippen molar-refractivity contribution in [2.45, 2.75) is 6.10 Å². The molecule has 70 valence electrons. The monoisotopic (exact) mass is 180 g/mol. The number of nitrogens with zero attached hydrogens (tertiary/aromatic N) is 2. The Labute approximate surface area is 76.3 Å². The minimum Gasteiger partial charge on any atom is -0.382 e. The zero-order valence-corrected chi connectivity index (χ0v) is 7.23. The van der Waals surface area contributed by atoms with Crippen molar-refractivity contribution >= 4 is 5.82 Å². The number of nitrogen functional groups attached to an aromatic ring is 1. The molecule has 0 amide bonds. The molecule has 0 unspecified atom stereocenters. The Balaban J connectivity index is 2.18. The third-order valence-corrected chi connectivity index (χ3v) is 1.99. The summed E-state index contributed by atoms with van der Waals surface area (Å²) in [7, 11) is 0. The van der Waals surface area contributed by atoms with Crippen LogP contribution < -0.4 is 11.1 Å². The summed E-state index contributed by atoms with van der Waals surface area (Å²) >= 11 is 0. The molecule has 13 heavy (non-hydrogen) atoms. The highest BCUT2D eigenvalue weighted by Gasteiger charge is 2.19. The van der Waals surface area contributed by atoms with E-state index in [1.807, 2.05) is 0 Å². The maximum Gasteiger partial charge on any atom is 0.147 e. The van der Waals surface area contributed by atoms with E-state index in [-0.39, 0.29) is 6.10 Å². The van der Waals surface area contributed by atoms with Crippen LogP contribution in [0.2, 0.25) is 0 Å². The van der Waals surface area contributed by atoms with Gasteiger partial charge in [0.05, 0.1) is 6.61 Å². The van der Waals surface area contributed by atoms with Crippen LogP contribution in [0, 0.1) is 0 Å². The number of nitrogens with two attached hydrogens (primary N) is 1. The Morgan fingerprint density at radius 3 is 3.00 bits per heavy atom. The van der Waals surface area contributed by atoms with E-state index in [2.05, 4.69) is 15.3 Å². The number of morpholine rings is 1. The molecule has 1 aromatic rings. The molecular formula is C8H12N4O. The van der Waals surface area contributed by atoms with Gasteiger partial charge in [-0.15, -0.1) is 0 Å². The maximum absolute atomic E-state index is 5.67. The summed E-state index contributed by atoms with van der Waals surface area (Å²) < 4.78 is 5.50. The van der Waals surface area contributed by atoms with Crippen LogP contribution in [0.5, 0.6) is 0 Å². The molecule has 0 aliphatic carbocycles. The smallest absolute Gasteiger partial charge is 0.147 e. The molecule has 1 aromatic heterocycles. The summed E-state index contributed by atoms with van der Waals surface area (Å²) in [5.74, 6) is 0.455. The lowest BCUT2D eigenvalue weighted by Gasteiger charge is -2.23. The van der Waals surface area contributed by atoms with Gasteiger partial charge >= 0.3 is 0 Å². The Hall–Kier alpha value is -1.20. The molecule has 3 N–H and O–H groups in total. The third kappa shape index (κ3) is 1.76. The lowest BCUT2D eigenvalue weighted by molar-refractivity contribution is 0.0253. The number of hydrogen-bond donors (Lipinski definition) is 2. The van der Waals surface area contributed by atoms with E-state index in [1.165, 1.54) is 0 Å². The predicted octanol–water partition coefficient (Wildman–Crippen LogP) is -0.280. The van der Waals surface area contributed by atoms with Crippen LogP contribution in [0.4, 0.5) is 5.82 Å². The summed E-state index contributed by atoms with van der Waals surface area (Å²) in [4.78, 5) is 8.11. The van der Waals surface area contributed by atoms with Gasteiger partial charge in [-0.2, -0.15) is 0 Å². The fourth-order valence-corrected chi connectivity index (χ4v) is 1.35. The van der Waals surface area contributed by atoms with E-state index >= 15 is 0 Å². The van der Waals surface area contributed by atoms with E-state index in [0.29, 0.717) is 12.4 Å². The molecule has 1 atom stereocenters. The fourth-order valence-electron chi connectivity index (χ4n) is 1.35. The van der Waals surface area contributed by atoms with Gasteiger partial charge in [0.15, 0.2) is 0 Å². The standard InChI is InChI=1S/C8H12N4O/c9-8-7(11-1-2-12-8)6-5-10-3-4-13-6/h1-2,6,10H,3-5H2,(H2,9,12)/t6-/m0/s1. The van der Waals surface area contributed by atoms with Crippen LogP contribution >= 0.6 is 0 Å². The first-order valence-corrected chi connectivity index (χ1v) is 4.26. The van der Waals surface area contributed by atoms with Gasteiger partial charge in [0, 0.05) is 25.5 Å². The Kier molecular flexibility index (Phi) is 2.37. The van der Waals surface area contributed by atoms with Crippen molar-refractivity contribution in [3.05, 3.63) is 18.1 Å². The first-order valence-electron chi connectivity index (χ1n) is 4.26. The predicted molar refractivity (Wildman–Crippen MR) is 48.0 cm³/mol. The van der Waals surface area contributed by atoms with E-state index < -0.39 is 0 Å². The number of anilines is 1. The average molecular weight is 180 g/mol. The quantitative estimate of drug-likeness (QED) is 0.621. The highest BCUT2D eigenvalue weighted by Crippen LogP contribution is 2.19. The average Bonchev–Trinajstić information content (AvgIpc) is 2.20. The van der Waals surface area contributed by atoms with Gasteiger partial charge in [-0.3, -0.25) is 4.98 Å². The van der Waals surface area contributed by atoms with Crippen LogP contribution in [0.1, 0.15) is 11.8 Å². The number of rotatable bonds is 1. The first kappa shape index (κ1) is 8.40. The second-order valence-corrected chi connectivity index (χ2v) is 2.89. The number of ether oxygens (including phenoxy) is 1. The van der Waals surface area contributed by atoms with Gasteiger partial charge in [0.2, 0.25) is 0 Å². The topological polar surface area (TPSA) is 73.1 Å². The van der Waals surface area contributed by atoms with Crippen LogP contribution in [0.15, 0.2) is 12.4 Å². The largest absolute Gasteiger partial charge is 0.382 e. The molecule has 1 aliphatic rings. The van der Waals surface area contributed by atoms with E-state index in [0.717, 1.165) is 18.8 Å². The SMILES string of the molecule is Nc1nccnc1[C@@H]1CNCCO1. The lowest BCUT2D eigenvalue weighted by Crippen LogP contribution is -2.34. The van der Waals surface area contributed by atoms with Crippen LogP contribution in [0.25, 0.3) is 0 Å². The zero-order valence-electron chi connectivity index (χ0n) is 7.23. The summed E-state index contributed by atoms with van der Waals surface area (Å²) in [5, 5.41) is 3.21. The zero-order chi connectivity index (χ0) is 9.10. The second-order valence-electron chi connectivity index (χ2n) is 2.89. The van der Waals surface area contributed by atoms with Crippen molar-refractivity contribution in [2.24, 2.45) is 0 Å². The highest BCUT2D eigenvalue weighted by molar-refractivity contribution is 5.34. The Morgan fingerprint density at radius 1 is 1.46 bits per heavy atom. The van der Waals surface area contributed by atoms with Gasteiger partial charge in [-0.1, -0.05) is 0 Å². The highest BCUT2D eigenvalue weighted by atomic mass is 16.5. The maximum atomic E-state index is 5.67. The Bertz CT molecular complexity index is 285. The van der Waals surface area contributed by atoms with Gasteiger partial charge in [-0.25, -0.2) is 4.98 Å². The number of hydrogen-bond acceptors (Lipinski definition) is 5. The van der Waals surface area contributed by atoms with Crippen molar-refractivity contribution in [3.8, 4) is 0 Å². The summed E-state index contributed by atoms with van der Waals surface area (Å²) in [6.45, 7) is 2.33. The van der Waals surface area contributed by atoms with Crippen molar-refractivity contribution < 1.29 is 4.74 Å². The van der Waals surface area contributed by atoms with Crippen LogP contribution in [-0.4, -0.2) is 29.7 Å². The summed E-state index contributed by atoms with van der Waals surface area (Å²) in [5.41, 5.74) is 6.40. The van der Waals surface area contributed by atoms with Crippen molar-refractivity contribution in [1.82, 2.24) is 15.3 Å². The molecule has 2 heterocycles. The van der Waals surface area contributed by atoms with E-state index in [4.69, 9.17) is 10.5 Å². The number of nitrogens with one attached hydrogen (secondary N) is 1. The lowest BCUT2D eigenvalue weighted by atomic mass is 10.2. The van der Waals surface area contributed by atoms with Gasteiger partial charge < -0.3 is 15.8 Å². The molecule has 1 saturated heterocycles. The van der Waals surface area contributed by atoms with Crippen molar-refractivity contribution in [3.63, 3.8) is 0 Å². The molecule has 2 rings (SSSR count). The van der Waals surface area contributed by atoms with Crippen LogP contribution in [0.3, 0.4) is 0 Å². The van der Waals surface area contributed by atoms with Crippen LogP contribution in [-0.2, 0) is 4.74 Å².